The minimum atomic E-state index is -1.10. The summed E-state index contributed by atoms with van der Waals surface area (Å²) in [6.07, 6.45) is 2.59. The third-order valence-electron chi connectivity index (χ3n) is 2.73. The smallest absolute Gasteiger partial charge is 0.136 e. The van der Waals surface area contributed by atoms with Crippen molar-refractivity contribution in [2.45, 2.75) is 44.9 Å². The van der Waals surface area contributed by atoms with E-state index in [4.69, 9.17) is 0 Å². The van der Waals surface area contributed by atoms with E-state index in [0.717, 1.165) is 16.5 Å². The van der Waals surface area contributed by atoms with Crippen LogP contribution in [0.25, 0.3) is 0 Å². The van der Waals surface area contributed by atoms with Gasteiger partial charge < -0.3 is 4.55 Å². The highest BCUT2D eigenvalue weighted by Gasteiger charge is 2.30. The standard InChI is InChI=1S/C15H22BrNOS/c1-6-7-14(17-19(18)15(3,4)5)12-10-11(2)8-9-13(12)16/h6,8-10,14,17H,1,7H2,2-5H3/t14-,19+/m1/s1. The first-order valence-electron chi connectivity index (χ1n) is 6.30. The van der Waals surface area contributed by atoms with Crippen LogP contribution in [0.15, 0.2) is 35.3 Å². The first-order chi connectivity index (χ1) is 8.75. The maximum atomic E-state index is 12.3. The molecule has 1 aromatic rings. The molecule has 0 amide bonds. The SMILES string of the molecule is C=CC[C@@H](N[S@@+]([O-])C(C)(C)C)c1cc(C)ccc1Br. The van der Waals surface area contributed by atoms with Crippen LogP contribution >= 0.6 is 15.9 Å². The Labute approximate surface area is 128 Å². The fraction of sp³-hybridized carbons (Fsp3) is 0.467. The molecule has 0 aliphatic carbocycles. The summed E-state index contributed by atoms with van der Waals surface area (Å²) in [4.78, 5) is 0. The Hall–Kier alpha value is -0.290. The van der Waals surface area contributed by atoms with E-state index in [0.29, 0.717) is 0 Å². The average molecular weight is 344 g/mol. The molecule has 0 radical (unpaired) electrons. The number of hydrogen-bond donors (Lipinski definition) is 1. The highest BCUT2D eigenvalue weighted by atomic mass is 79.9. The zero-order chi connectivity index (χ0) is 14.6. The maximum Gasteiger partial charge on any atom is 0.136 e. The third-order valence-corrected chi connectivity index (χ3v) is 5.07. The lowest BCUT2D eigenvalue weighted by Crippen LogP contribution is -2.41. The van der Waals surface area contributed by atoms with Crippen molar-refractivity contribution in [3.05, 3.63) is 46.5 Å². The van der Waals surface area contributed by atoms with E-state index in [1.54, 1.807) is 0 Å². The van der Waals surface area contributed by atoms with Crippen molar-refractivity contribution < 1.29 is 4.55 Å². The largest absolute Gasteiger partial charge is 0.598 e. The van der Waals surface area contributed by atoms with Crippen LogP contribution in [0.2, 0.25) is 0 Å². The highest BCUT2D eigenvalue weighted by molar-refractivity contribution is 9.10. The molecule has 0 aliphatic heterocycles. The summed E-state index contributed by atoms with van der Waals surface area (Å²) in [6, 6.07) is 6.21. The molecule has 0 unspecified atom stereocenters. The van der Waals surface area contributed by atoms with E-state index in [2.05, 4.69) is 46.3 Å². The van der Waals surface area contributed by atoms with E-state index in [1.807, 2.05) is 32.9 Å². The average Bonchev–Trinajstić information content (AvgIpc) is 2.30. The summed E-state index contributed by atoms with van der Waals surface area (Å²) < 4.78 is 16.2. The Kier molecular flexibility index (Phi) is 6.12. The molecule has 0 fully saturated rings. The number of rotatable bonds is 5. The van der Waals surface area contributed by atoms with Gasteiger partial charge in [0.2, 0.25) is 0 Å². The monoisotopic (exact) mass is 343 g/mol. The molecule has 0 heterocycles. The van der Waals surface area contributed by atoms with Crippen molar-refractivity contribution in [2.24, 2.45) is 0 Å². The molecule has 1 N–H and O–H groups in total. The summed E-state index contributed by atoms with van der Waals surface area (Å²) in [5.41, 5.74) is 2.31. The molecule has 2 atom stereocenters. The van der Waals surface area contributed by atoms with Crippen LogP contribution < -0.4 is 4.72 Å². The second kappa shape index (κ2) is 6.93. The van der Waals surface area contributed by atoms with Gasteiger partial charge in [-0.15, -0.1) is 11.3 Å². The second-order valence-corrected chi connectivity index (χ2v) is 8.45. The first kappa shape index (κ1) is 16.8. The number of nitrogens with one attached hydrogen (secondary N) is 1. The molecule has 4 heteroatoms. The number of halogens is 1. The van der Waals surface area contributed by atoms with Gasteiger partial charge in [0.1, 0.15) is 4.75 Å². The van der Waals surface area contributed by atoms with E-state index in [-0.39, 0.29) is 10.8 Å². The predicted molar refractivity (Wildman–Crippen MR) is 87.5 cm³/mol. The van der Waals surface area contributed by atoms with E-state index < -0.39 is 11.4 Å². The quantitative estimate of drug-likeness (QED) is 0.634. The second-order valence-electron chi connectivity index (χ2n) is 5.60. The summed E-state index contributed by atoms with van der Waals surface area (Å²) >= 11 is 2.47. The molecule has 1 rings (SSSR count). The topological polar surface area (TPSA) is 35.1 Å². The van der Waals surface area contributed by atoms with Gasteiger partial charge in [-0.05, 0) is 45.7 Å². The molecule has 19 heavy (non-hydrogen) atoms. The minimum absolute atomic E-state index is 0.00633. The Balaban J connectivity index is 3.00. The molecule has 1 aromatic carbocycles. The molecule has 0 aromatic heterocycles. The van der Waals surface area contributed by atoms with Crippen molar-refractivity contribution in [3.63, 3.8) is 0 Å². The normalized spacial score (nSPS) is 15.1. The summed E-state index contributed by atoms with van der Waals surface area (Å²) in [7, 11) is 0. The first-order valence-corrected chi connectivity index (χ1v) is 8.25. The lowest BCUT2D eigenvalue weighted by Gasteiger charge is -2.28. The fourth-order valence-corrected chi connectivity index (χ4v) is 3.00. The van der Waals surface area contributed by atoms with Crippen LogP contribution in [0.1, 0.15) is 44.4 Å². The molecule has 0 spiro atoms. The van der Waals surface area contributed by atoms with Gasteiger partial charge in [-0.1, -0.05) is 39.7 Å². The van der Waals surface area contributed by atoms with Crippen molar-refractivity contribution >= 4 is 27.3 Å². The van der Waals surface area contributed by atoms with Gasteiger partial charge in [0.15, 0.2) is 0 Å². The highest BCUT2D eigenvalue weighted by Crippen LogP contribution is 2.29. The molecular weight excluding hydrogens is 322 g/mol. The van der Waals surface area contributed by atoms with Crippen molar-refractivity contribution in [1.29, 1.82) is 0 Å². The maximum absolute atomic E-state index is 12.3. The molecule has 2 nitrogen and oxygen atoms in total. The van der Waals surface area contributed by atoms with Gasteiger partial charge in [0, 0.05) is 15.8 Å². The summed E-state index contributed by atoms with van der Waals surface area (Å²) in [5.74, 6) is 0. The van der Waals surface area contributed by atoms with Gasteiger partial charge in [-0.2, -0.15) is 0 Å². The third kappa shape index (κ3) is 4.95. The Morgan fingerprint density at radius 2 is 2.11 bits per heavy atom. The van der Waals surface area contributed by atoms with Crippen LogP contribution in [0, 0.1) is 6.92 Å². The molecule has 0 bridgehead atoms. The molecule has 0 aliphatic rings. The van der Waals surface area contributed by atoms with Crippen LogP contribution in [0.5, 0.6) is 0 Å². The summed E-state index contributed by atoms with van der Waals surface area (Å²) in [6.45, 7) is 11.7. The zero-order valence-electron chi connectivity index (χ0n) is 12.0. The van der Waals surface area contributed by atoms with Crippen molar-refractivity contribution in [3.8, 4) is 0 Å². The van der Waals surface area contributed by atoms with Crippen LogP contribution in [-0.4, -0.2) is 9.30 Å². The number of benzene rings is 1. The lowest BCUT2D eigenvalue weighted by atomic mass is 10.0. The van der Waals surface area contributed by atoms with Gasteiger partial charge in [-0.25, -0.2) is 0 Å². The van der Waals surface area contributed by atoms with Gasteiger partial charge >= 0.3 is 0 Å². The molecule has 0 saturated carbocycles. The number of aryl methyl sites for hydroxylation is 1. The zero-order valence-corrected chi connectivity index (χ0v) is 14.4. The van der Waals surface area contributed by atoms with E-state index in [1.165, 1.54) is 5.56 Å². The molecule has 0 saturated heterocycles. The Morgan fingerprint density at radius 3 is 2.63 bits per heavy atom. The predicted octanol–water partition coefficient (Wildman–Crippen LogP) is 4.43. The fourth-order valence-electron chi connectivity index (χ4n) is 1.64. The van der Waals surface area contributed by atoms with Gasteiger partial charge in [-0.3, -0.25) is 0 Å². The summed E-state index contributed by atoms with van der Waals surface area (Å²) in [5, 5.41) is 0. The van der Waals surface area contributed by atoms with E-state index >= 15 is 0 Å². The minimum Gasteiger partial charge on any atom is -0.598 e. The van der Waals surface area contributed by atoms with Crippen LogP contribution in [0.3, 0.4) is 0 Å². The lowest BCUT2D eigenvalue weighted by molar-refractivity contribution is 0.523. The molecule has 106 valence electrons. The van der Waals surface area contributed by atoms with Crippen LogP contribution in [-0.2, 0) is 11.4 Å². The van der Waals surface area contributed by atoms with Crippen molar-refractivity contribution in [1.82, 2.24) is 4.72 Å². The van der Waals surface area contributed by atoms with Crippen molar-refractivity contribution in [2.75, 3.05) is 0 Å². The number of hydrogen-bond acceptors (Lipinski definition) is 2. The Morgan fingerprint density at radius 1 is 1.47 bits per heavy atom. The van der Waals surface area contributed by atoms with Gasteiger partial charge in [0.25, 0.3) is 0 Å². The molecular formula is C15H22BrNOS. The Bertz CT molecular complexity index is 442. The van der Waals surface area contributed by atoms with Gasteiger partial charge in [0.05, 0.1) is 6.04 Å². The van der Waals surface area contributed by atoms with E-state index in [9.17, 15) is 4.55 Å². The van der Waals surface area contributed by atoms with Crippen LogP contribution in [0.4, 0.5) is 0 Å².